The zero-order valence-electron chi connectivity index (χ0n) is 15.8. The van der Waals surface area contributed by atoms with Gasteiger partial charge in [0, 0.05) is 13.1 Å². The van der Waals surface area contributed by atoms with Crippen molar-refractivity contribution in [2.24, 2.45) is 0 Å². The third kappa shape index (κ3) is 6.62. The molecule has 0 saturated carbocycles. The van der Waals surface area contributed by atoms with Gasteiger partial charge in [-0.3, -0.25) is 4.79 Å². The van der Waals surface area contributed by atoms with Gasteiger partial charge in [-0.2, -0.15) is 0 Å². The van der Waals surface area contributed by atoms with E-state index in [4.69, 9.17) is 9.47 Å². The Kier molecular flexibility index (Phi) is 6.39. The highest BCUT2D eigenvalue weighted by molar-refractivity contribution is 5.95. The fourth-order valence-electron chi connectivity index (χ4n) is 2.13. The Labute approximate surface area is 157 Å². The van der Waals surface area contributed by atoms with Gasteiger partial charge in [-0.05, 0) is 45.0 Å². The van der Waals surface area contributed by atoms with E-state index in [0.29, 0.717) is 17.2 Å². The first-order chi connectivity index (χ1) is 12.6. The SMILES string of the molecule is CN(CC(=O)Nc1ccccc1Oc1cccc(F)c1)C(=O)OC(C)(C)C. The van der Waals surface area contributed by atoms with Crippen molar-refractivity contribution in [1.29, 1.82) is 0 Å². The molecule has 2 aromatic rings. The number of carbonyl (C=O) groups is 2. The number of nitrogens with zero attached hydrogens (tertiary/aromatic N) is 1. The lowest BCUT2D eigenvalue weighted by Gasteiger charge is -2.24. The van der Waals surface area contributed by atoms with E-state index in [1.54, 1.807) is 51.1 Å². The minimum Gasteiger partial charge on any atom is -0.455 e. The fourth-order valence-corrected chi connectivity index (χ4v) is 2.13. The second-order valence-corrected chi connectivity index (χ2v) is 6.94. The number of likely N-dealkylation sites (N-methyl/N-ethyl adjacent to an activating group) is 1. The van der Waals surface area contributed by atoms with Crippen LogP contribution in [0.4, 0.5) is 14.9 Å². The molecule has 7 heteroatoms. The number of hydrogen-bond donors (Lipinski definition) is 1. The third-order valence-electron chi connectivity index (χ3n) is 3.27. The summed E-state index contributed by atoms with van der Waals surface area (Å²) in [4.78, 5) is 25.4. The summed E-state index contributed by atoms with van der Waals surface area (Å²) in [5.41, 5.74) is -0.239. The van der Waals surface area contributed by atoms with E-state index in [9.17, 15) is 14.0 Å². The molecule has 2 rings (SSSR count). The van der Waals surface area contributed by atoms with Crippen LogP contribution < -0.4 is 10.1 Å². The van der Waals surface area contributed by atoms with Gasteiger partial charge < -0.3 is 19.7 Å². The molecule has 0 saturated heterocycles. The Balaban J connectivity index is 2.02. The van der Waals surface area contributed by atoms with E-state index < -0.39 is 23.4 Å². The quantitative estimate of drug-likeness (QED) is 0.841. The van der Waals surface area contributed by atoms with Crippen LogP contribution >= 0.6 is 0 Å². The number of para-hydroxylation sites is 2. The number of hydrogen-bond acceptors (Lipinski definition) is 4. The summed E-state index contributed by atoms with van der Waals surface area (Å²) < 4.78 is 24.2. The number of nitrogens with one attached hydrogen (secondary N) is 1. The van der Waals surface area contributed by atoms with Crippen molar-refractivity contribution in [3.05, 3.63) is 54.3 Å². The third-order valence-corrected chi connectivity index (χ3v) is 3.27. The van der Waals surface area contributed by atoms with Gasteiger partial charge in [-0.15, -0.1) is 0 Å². The lowest BCUT2D eigenvalue weighted by Crippen LogP contribution is -2.38. The first kappa shape index (κ1) is 20.2. The van der Waals surface area contributed by atoms with Crippen LogP contribution in [0.15, 0.2) is 48.5 Å². The number of ether oxygens (including phenoxy) is 2. The average Bonchev–Trinajstić information content (AvgIpc) is 2.55. The molecule has 0 aliphatic rings. The van der Waals surface area contributed by atoms with Crippen molar-refractivity contribution in [2.45, 2.75) is 26.4 Å². The molecular weight excluding hydrogens is 351 g/mol. The van der Waals surface area contributed by atoms with Crippen molar-refractivity contribution in [3.8, 4) is 11.5 Å². The van der Waals surface area contributed by atoms with Gasteiger partial charge in [0.05, 0.1) is 5.69 Å². The topological polar surface area (TPSA) is 67.9 Å². The van der Waals surface area contributed by atoms with Crippen LogP contribution in [0.1, 0.15) is 20.8 Å². The smallest absolute Gasteiger partial charge is 0.410 e. The monoisotopic (exact) mass is 374 g/mol. The Hall–Kier alpha value is -3.09. The fraction of sp³-hybridized carbons (Fsp3) is 0.300. The van der Waals surface area contributed by atoms with Crippen molar-refractivity contribution in [1.82, 2.24) is 4.90 Å². The summed E-state index contributed by atoms with van der Waals surface area (Å²) in [6.45, 7) is 5.06. The summed E-state index contributed by atoms with van der Waals surface area (Å²) in [6.07, 6.45) is -0.595. The van der Waals surface area contributed by atoms with E-state index in [1.165, 1.54) is 30.1 Å². The number of rotatable bonds is 5. The van der Waals surface area contributed by atoms with Gasteiger partial charge >= 0.3 is 6.09 Å². The molecule has 6 nitrogen and oxygen atoms in total. The summed E-state index contributed by atoms with van der Waals surface area (Å²) >= 11 is 0. The Morgan fingerprint density at radius 1 is 1.11 bits per heavy atom. The van der Waals surface area contributed by atoms with E-state index in [0.717, 1.165) is 0 Å². The van der Waals surface area contributed by atoms with Crippen LogP contribution in [0.3, 0.4) is 0 Å². The summed E-state index contributed by atoms with van der Waals surface area (Å²) in [6, 6.07) is 12.5. The minimum atomic E-state index is -0.646. The molecule has 27 heavy (non-hydrogen) atoms. The second-order valence-electron chi connectivity index (χ2n) is 6.94. The van der Waals surface area contributed by atoms with Gasteiger partial charge in [0.15, 0.2) is 5.75 Å². The number of amides is 2. The first-order valence-electron chi connectivity index (χ1n) is 8.40. The number of anilines is 1. The molecule has 0 aromatic heterocycles. The molecule has 0 aliphatic carbocycles. The molecule has 0 aliphatic heterocycles. The van der Waals surface area contributed by atoms with Crippen molar-refractivity contribution >= 4 is 17.7 Å². The maximum atomic E-state index is 13.3. The van der Waals surface area contributed by atoms with E-state index >= 15 is 0 Å². The van der Waals surface area contributed by atoms with Gasteiger partial charge in [-0.1, -0.05) is 18.2 Å². The maximum Gasteiger partial charge on any atom is 0.410 e. The summed E-state index contributed by atoms with van der Waals surface area (Å²) in [5.74, 6) is -0.175. The molecule has 0 spiro atoms. The van der Waals surface area contributed by atoms with Gasteiger partial charge in [-0.25, -0.2) is 9.18 Å². The molecule has 0 unspecified atom stereocenters. The number of benzene rings is 2. The molecule has 0 heterocycles. The molecule has 0 bridgehead atoms. The maximum absolute atomic E-state index is 13.3. The van der Waals surface area contributed by atoms with Crippen LogP contribution in [0, 0.1) is 5.82 Å². The molecule has 1 N–H and O–H groups in total. The zero-order chi connectivity index (χ0) is 20.0. The Bertz CT molecular complexity index is 818. The summed E-state index contributed by atoms with van der Waals surface area (Å²) in [7, 11) is 1.48. The van der Waals surface area contributed by atoms with E-state index in [2.05, 4.69) is 5.32 Å². The van der Waals surface area contributed by atoms with Crippen LogP contribution in [-0.4, -0.2) is 36.1 Å². The summed E-state index contributed by atoms with van der Waals surface area (Å²) in [5, 5.41) is 2.69. The number of halogens is 1. The largest absolute Gasteiger partial charge is 0.455 e. The van der Waals surface area contributed by atoms with Crippen molar-refractivity contribution < 1.29 is 23.5 Å². The highest BCUT2D eigenvalue weighted by Crippen LogP contribution is 2.29. The average molecular weight is 374 g/mol. The van der Waals surface area contributed by atoms with Crippen molar-refractivity contribution in [2.75, 3.05) is 18.9 Å². The molecule has 0 radical (unpaired) electrons. The Morgan fingerprint density at radius 2 is 1.81 bits per heavy atom. The molecule has 0 fully saturated rings. The predicted molar refractivity (Wildman–Crippen MR) is 100 cm³/mol. The molecule has 2 amide bonds. The standard InChI is InChI=1S/C20H23FN2O4/c1-20(2,3)27-19(25)23(4)13-18(24)22-16-10-5-6-11-17(16)26-15-9-7-8-14(21)12-15/h5-12H,13H2,1-4H3,(H,22,24). The van der Waals surface area contributed by atoms with Gasteiger partial charge in [0.1, 0.15) is 23.7 Å². The van der Waals surface area contributed by atoms with E-state index in [1.807, 2.05) is 0 Å². The highest BCUT2D eigenvalue weighted by Gasteiger charge is 2.21. The normalized spacial score (nSPS) is 10.9. The lowest BCUT2D eigenvalue weighted by molar-refractivity contribution is -0.117. The second kappa shape index (κ2) is 8.53. The van der Waals surface area contributed by atoms with Crippen LogP contribution in [-0.2, 0) is 9.53 Å². The Morgan fingerprint density at radius 3 is 2.48 bits per heavy atom. The first-order valence-corrected chi connectivity index (χ1v) is 8.40. The van der Waals surface area contributed by atoms with E-state index in [-0.39, 0.29) is 6.54 Å². The van der Waals surface area contributed by atoms with Crippen LogP contribution in [0.25, 0.3) is 0 Å². The van der Waals surface area contributed by atoms with Crippen molar-refractivity contribution in [3.63, 3.8) is 0 Å². The van der Waals surface area contributed by atoms with Crippen LogP contribution in [0.5, 0.6) is 11.5 Å². The molecule has 0 atom stereocenters. The molecule has 2 aromatic carbocycles. The highest BCUT2D eigenvalue weighted by atomic mass is 19.1. The minimum absolute atomic E-state index is 0.191. The number of carbonyl (C=O) groups excluding carboxylic acids is 2. The van der Waals surface area contributed by atoms with Gasteiger partial charge in [0.25, 0.3) is 0 Å². The van der Waals surface area contributed by atoms with Gasteiger partial charge in [0.2, 0.25) is 5.91 Å². The molecular formula is C20H23FN2O4. The van der Waals surface area contributed by atoms with Crippen LogP contribution in [0.2, 0.25) is 0 Å². The molecule has 144 valence electrons. The lowest BCUT2D eigenvalue weighted by atomic mass is 10.2. The predicted octanol–water partition coefficient (Wildman–Crippen LogP) is 4.42. The zero-order valence-corrected chi connectivity index (χ0v) is 15.8.